The summed E-state index contributed by atoms with van der Waals surface area (Å²) in [5.41, 5.74) is 3.96. The highest BCUT2D eigenvalue weighted by molar-refractivity contribution is 6.33. The Morgan fingerprint density at radius 1 is 0.848 bits per heavy atom. The van der Waals surface area contributed by atoms with Gasteiger partial charge < -0.3 is 15.1 Å². The zero-order valence-corrected chi connectivity index (χ0v) is 18.6. The van der Waals surface area contributed by atoms with Crippen LogP contribution in [0.25, 0.3) is 21.8 Å². The molecule has 1 aliphatic rings. The minimum absolute atomic E-state index is 0.736. The number of aromatic amines is 1. The first-order valence-corrected chi connectivity index (χ1v) is 11.3. The summed E-state index contributed by atoms with van der Waals surface area (Å²) in [5.74, 6) is 1.53. The van der Waals surface area contributed by atoms with Crippen molar-refractivity contribution in [2.45, 2.75) is 0 Å². The van der Waals surface area contributed by atoms with Crippen LogP contribution in [0.2, 0.25) is 5.02 Å². The number of para-hydroxylation sites is 2. The lowest BCUT2D eigenvalue weighted by atomic mass is 10.2. The summed E-state index contributed by atoms with van der Waals surface area (Å²) in [5, 5.41) is 13.4. The van der Waals surface area contributed by atoms with E-state index in [0.717, 1.165) is 76.1 Å². The standard InChI is InChI=1S/C25H22ClN7/c26-20-6-2-4-8-23(20)32-11-13-33(14-12-32)25-29-22-7-3-1-5-19(22)24(30-25)28-18-9-10-21-17(15-18)16-27-31-21/h1-10,15-16H,11-14H2,(H,27,31)(H,28,29,30). The summed E-state index contributed by atoms with van der Waals surface area (Å²) in [4.78, 5) is 14.4. The highest BCUT2D eigenvalue weighted by Crippen LogP contribution is 2.30. The van der Waals surface area contributed by atoms with Gasteiger partial charge in [-0.3, -0.25) is 5.10 Å². The van der Waals surface area contributed by atoms with Crippen LogP contribution in [0.15, 0.2) is 72.9 Å². The molecule has 0 aliphatic carbocycles. The molecule has 1 saturated heterocycles. The van der Waals surface area contributed by atoms with Gasteiger partial charge in [0.25, 0.3) is 0 Å². The van der Waals surface area contributed by atoms with E-state index in [1.54, 1.807) is 0 Å². The molecule has 0 bridgehead atoms. The van der Waals surface area contributed by atoms with Crippen LogP contribution in [-0.2, 0) is 0 Å². The second kappa shape index (κ2) is 8.26. The molecule has 0 amide bonds. The summed E-state index contributed by atoms with van der Waals surface area (Å²) in [7, 11) is 0. The number of halogens is 1. The maximum atomic E-state index is 6.41. The Kier molecular flexibility index (Phi) is 4.96. The molecule has 5 aromatic rings. The fraction of sp³-hybridized carbons (Fsp3) is 0.160. The fourth-order valence-corrected chi connectivity index (χ4v) is 4.57. The lowest BCUT2D eigenvalue weighted by molar-refractivity contribution is 0.641. The molecule has 6 rings (SSSR count). The molecule has 164 valence electrons. The van der Waals surface area contributed by atoms with Gasteiger partial charge in [-0.1, -0.05) is 35.9 Å². The summed E-state index contributed by atoms with van der Waals surface area (Å²) in [6.45, 7) is 3.37. The molecule has 33 heavy (non-hydrogen) atoms. The van der Waals surface area contributed by atoms with Crippen molar-refractivity contribution in [3.8, 4) is 0 Å². The van der Waals surface area contributed by atoms with Gasteiger partial charge in [0, 0.05) is 42.6 Å². The van der Waals surface area contributed by atoms with Crippen molar-refractivity contribution in [2.75, 3.05) is 41.3 Å². The average molecular weight is 456 g/mol. The molecule has 8 heteroatoms. The number of hydrogen-bond acceptors (Lipinski definition) is 6. The molecule has 1 aliphatic heterocycles. The van der Waals surface area contributed by atoms with Gasteiger partial charge in [-0.2, -0.15) is 10.1 Å². The fourth-order valence-electron chi connectivity index (χ4n) is 4.31. The van der Waals surface area contributed by atoms with Crippen molar-refractivity contribution in [1.29, 1.82) is 0 Å². The maximum absolute atomic E-state index is 6.41. The third-order valence-corrected chi connectivity index (χ3v) is 6.37. The molecule has 0 radical (unpaired) electrons. The van der Waals surface area contributed by atoms with E-state index in [-0.39, 0.29) is 0 Å². The van der Waals surface area contributed by atoms with Gasteiger partial charge in [0.05, 0.1) is 27.9 Å². The zero-order chi connectivity index (χ0) is 22.2. The van der Waals surface area contributed by atoms with E-state index in [0.29, 0.717) is 0 Å². The lowest BCUT2D eigenvalue weighted by Gasteiger charge is -2.36. The largest absolute Gasteiger partial charge is 0.367 e. The van der Waals surface area contributed by atoms with E-state index < -0.39 is 0 Å². The normalized spacial score (nSPS) is 14.2. The molecule has 0 atom stereocenters. The average Bonchev–Trinajstić information content (AvgIpc) is 3.32. The second-order valence-corrected chi connectivity index (χ2v) is 8.52. The molecule has 7 nitrogen and oxygen atoms in total. The number of piperazine rings is 1. The van der Waals surface area contributed by atoms with E-state index in [9.17, 15) is 0 Å². The first kappa shape index (κ1) is 19.8. The lowest BCUT2D eigenvalue weighted by Crippen LogP contribution is -2.47. The third kappa shape index (κ3) is 3.81. The Balaban J connectivity index is 1.29. The SMILES string of the molecule is Clc1ccccc1N1CCN(c2nc(Nc3ccc4[nH]ncc4c3)c3ccccc3n2)CC1. The first-order chi connectivity index (χ1) is 16.2. The van der Waals surface area contributed by atoms with Crippen LogP contribution in [0.3, 0.4) is 0 Å². The van der Waals surface area contributed by atoms with Crippen molar-refractivity contribution >= 4 is 56.5 Å². The van der Waals surface area contributed by atoms with Crippen LogP contribution < -0.4 is 15.1 Å². The van der Waals surface area contributed by atoms with Gasteiger partial charge in [-0.05, 0) is 42.5 Å². The highest BCUT2D eigenvalue weighted by atomic mass is 35.5. The van der Waals surface area contributed by atoms with Crippen molar-refractivity contribution in [1.82, 2.24) is 20.2 Å². The van der Waals surface area contributed by atoms with Gasteiger partial charge in [0.1, 0.15) is 5.82 Å². The van der Waals surface area contributed by atoms with E-state index >= 15 is 0 Å². The molecule has 0 spiro atoms. The van der Waals surface area contributed by atoms with E-state index in [2.05, 4.69) is 37.4 Å². The molecule has 0 unspecified atom stereocenters. The van der Waals surface area contributed by atoms with Crippen LogP contribution in [0, 0.1) is 0 Å². The van der Waals surface area contributed by atoms with E-state index in [4.69, 9.17) is 21.6 Å². The predicted octanol–water partition coefficient (Wildman–Crippen LogP) is 5.23. The smallest absolute Gasteiger partial charge is 0.228 e. The molecular formula is C25H22ClN7. The summed E-state index contributed by atoms with van der Waals surface area (Å²) < 4.78 is 0. The van der Waals surface area contributed by atoms with Crippen LogP contribution in [0.4, 0.5) is 23.1 Å². The van der Waals surface area contributed by atoms with Crippen LogP contribution in [0.5, 0.6) is 0 Å². The second-order valence-electron chi connectivity index (χ2n) is 8.11. The van der Waals surface area contributed by atoms with Gasteiger partial charge in [0.15, 0.2) is 0 Å². The first-order valence-electron chi connectivity index (χ1n) is 11.0. The summed E-state index contributed by atoms with van der Waals surface area (Å²) in [6, 6.07) is 22.2. The van der Waals surface area contributed by atoms with Crippen molar-refractivity contribution < 1.29 is 0 Å². The van der Waals surface area contributed by atoms with Gasteiger partial charge >= 0.3 is 0 Å². The molecular weight excluding hydrogens is 434 g/mol. The Morgan fingerprint density at radius 3 is 2.52 bits per heavy atom. The number of hydrogen-bond donors (Lipinski definition) is 2. The van der Waals surface area contributed by atoms with E-state index in [1.807, 2.05) is 60.8 Å². The minimum Gasteiger partial charge on any atom is -0.367 e. The number of H-pyrrole nitrogens is 1. The van der Waals surface area contributed by atoms with E-state index in [1.165, 1.54) is 0 Å². The van der Waals surface area contributed by atoms with Crippen LogP contribution in [-0.4, -0.2) is 46.3 Å². The number of rotatable bonds is 4. The zero-order valence-electron chi connectivity index (χ0n) is 17.9. The number of benzene rings is 3. The Bertz CT molecular complexity index is 1440. The number of nitrogens with one attached hydrogen (secondary N) is 2. The molecule has 0 saturated carbocycles. The van der Waals surface area contributed by atoms with Crippen LogP contribution >= 0.6 is 11.6 Å². The monoisotopic (exact) mass is 455 g/mol. The Morgan fingerprint density at radius 2 is 1.64 bits per heavy atom. The molecule has 3 heterocycles. The third-order valence-electron chi connectivity index (χ3n) is 6.05. The highest BCUT2D eigenvalue weighted by Gasteiger charge is 2.22. The summed E-state index contributed by atoms with van der Waals surface area (Å²) in [6.07, 6.45) is 1.82. The van der Waals surface area contributed by atoms with Gasteiger partial charge in [-0.25, -0.2) is 4.98 Å². The molecule has 3 aromatic carbocycles. The molecule has 2 N–H and O–H groups in total. The number of fused-ring (bicyclic) bond motifs is 2. The Labute approximate surface area is 196 Å². The van der Waals surface area contributed by atoms with Crippen molar-refractivity contribution in [2.24, 2.45) is 0 Å². The van der Waals surface area contributed by atoms with Crippen molar-refractivity contribution in [3.63, 3.8) is 0 Å². The van der Waals surface area contributed by atoms with Gasteiger partial charge in [0.2, 0.25) is 5.95 Å². The minimum atomic E-state index is 0.736. The van der Waals surface area contributed by atoms with Gasteiger partial charge in [-0.15, -0.1) is 0 Å². The number of aromatic nitrogens is 4. The van der Waals surface area contributed by atoms with Crippen molar-refractivity contribution in [3.05, 3.63) is 77.9 Å². The number of nitrogens with zero attached hydrogens (tertiary/aromatic N) is 5. The predicted molar refractivity (Wildman–Crippen MR) is 135 cm³/mol. The number of anilines is 4. The quantitative estimate of drug-likeness (QED) is 0.386. The Hall–Kier alpha value is -3.84. The molecule has 2 aromatic heterocycles. The summed E-state index contributed by atoms with van der Waals surface area (Å²) >= 11 is 6.41. The maximum Gasteiger partial charge on any atom is 0.228 e. The topological polar surface area (TPSA) is 73.0 Å². The van der Waals surface area contributed by atoms with Crippen LogP contribution in [0.1, 0.15) is 0 Å². The molecule has 1 fully saturated rings.